The molecule has 0 N–H and O–H groups in total. The van der Waals surface area contributed by atoms with E-state index in [4.69, 9.17) is 9.26 Å². The van der Waals surface area contributed by atoms with Crippen molar-refractivity contribution in [2.24, 2.45) is 0 Å². The number of morpholine rings is 1. The van der Waals surface area contributed by atoms with Gasteiger partial charge in [0.1, 0.15) is 17.7 Å². The lowest BCUT2D eigenvalue weighted by Crippen LogP contribution is -2.43. The molecule has 24 heavy (non-hydrogen) atoms. The van der Waals surface area contributed by atoms with Crippen molar-refractivity contribution in [2.75, 3.05) is 19.7 Å². The Hall–Kier alpha value is -2.28. The maximum Gasteiger partial charge on any atom is 0.227 e. The van der Waals surface area contributed by atoms with E-state index in [2.05, 4.69) is 15.1 Å². The Kier molecular flexibility index (Phi) is 4.62. The fraction of sp³-hybridized carbons (Fsp3) is 0.529. The third kappa shape index (κ3) is 3.46. The van der Waals surface area contributed by atoms with Crippen LogP contribution in [0.1, 0.15) is 40.3 Å². The molecule has 3 heterocycles. The maximum absolute atomic E-state index is 12.6. The van der Waals surface area contributed by atoms with Crippen molar-refractivity contribution in [1.29, 1.82) is 0 Å². The van der Waals surface area contributed by atoms with Crippen molar-refractivity contribution in [3.63, 3.8) is 0 Å². The Morgan fingerprint density at radius 3 is 2.75 bits per heavy atom. The first kappa shape index (κ1) is 16.6. The van der Waals surface area contributed by atoms with Crippen LogP contribution in [0.3, 0.4) is 0 Å². The van der Waals surface area contributed by atoms with Crippen LogP contribution in [-0.4, -0.2) is 45.6 Å². The minimum atomic E-state index is -0.215. The highest BCUT2D eigenvalue weighted by molar-refractivity contribution is 5.79. The van der Waals surface area contributed by atoms with Crippen LogP contribution in [0.15, 0.2) is 10.6 Å². The SMILES string of the molecule is Cc1cc(C2CN(C(=O)Cc3c(C)noc3C)CCO2)nc(C)n1. The van der Waals surface area contributed by atoms with Gasteiger partial charge in [-0.15, -0.1) is 0 Å². The van der Waals surface area contributed by atoms with Crippen LogP contribution in [0.4, 0.5) is 0 Å². The van der Waals surface area contributed by atoms with Gasteiger partial charge in [0.05, 0.1) is 31.0 Å². The first-order valence-electron chi connectivity index (χ1n) is 8.07. The summed E-state index contributed by atoms with van der Waals surface area (Å²) in [7, 11) is 0. The topological polar surface area (TPSA) is 81.4 Å². The van der Waals surface area contributed by atoms with Gasteiger partial charge in [-0.3, -0.25) is 4.79 Å². The largest absolute Gasteiger partial charge is 0.368 e. The number of carbonyl (C=O) groups is 1. The number of carbonyl (C=O) groups excluding carboxylic acids is 1. The predicted molar refractivity (Wildman–Crippen MR) is 86.5 cm³/mol. The molecule has 1 atom stereocenters. The van der Waals surface area contributed by atoms with Gasteiger partial charge in [-0.1, -0.05) is 5.16 Å². The van der Waals surface area contributed by atoms with Gasteiger partial charge in [-0.25, -0.2) is 9.97 Å². The molecule has 128 valence electrons. The lowest BCUT2D eigenvalue weighted by atomic mass is 10.1. The van der Waals surface area contributed by atoms with E-state index < -0.39 is 0 Å². The van der Waals surface area contributed by atoms with Crippen molar-refractivity contribution in [3.05, 3.63) is 40.3 Å². The van der Waals surface area contributed by atoms with E-state index in [9.17, 15) is 4.79 Å². The van der Waals surface area contributed by atoms with Crippen molar-refractivity contribution < 1.29 is 14.1 Å². The first-order chi connectivity index (χ1) is 11.4. The Morgan fingerprint density at radius 1 is 1.29 bits per heavy atom. The molecular weight excluding hydrogens is 308 g/mol. The minimum absolute atomic E-state index is 0.0557. The molecule has 1 aliphatic rings. The highest BCUT2D eigenvalue weighted by Crippen LogP contribution is 2.22. The fourth-order valence-electron chi connectivity index (χ4n) is 2.98. The molecule has 0 saturated carbocycles. The average molecular weight is 330 g/mol. The molecule has 0 spiro atoms. The van der Waals surface area contributed by atoms with E-state index in [0.717, 1.165) is 22.6 Å². The molecule has 1 fully saturated rings. The summed E-state index contributed by atoms with van der Waals surface area (Å²) >= 11 is 0. The van der Waals surface area contributed by atoms with Crippen molar-refractivity contribution in [1.82, 2.24) is 20.0 Å². The molecule has 2 aromatic rings. The number of hydrogen-bond acceptors (Lipinski definition) is 6. The van der Waals surface area contributed by atoms with E-state index in [1.807, 2.05) is 38.7 Å². The number of nitrogens with zero attached hydrogens (tertiary/aromatic N) is 4. The molecule has 7 nitrogen and oxygen atoms in total. The molecule has 0 aliphatic carbocycles. The average Bonchev–Trinajstić information content (AvgIpc) is 2.86. The maximum atomic E-state index is 12.6. The highest BCUT2D eigenvalue weighted by atomic mass is 16.5. The number of ether oxygens (including phenoxy) is 1. The summed E-state index contributed by atoms with van der Waals surface area (Å²) in [6.45, 7) is 9.06. The van der Waals surface area contributed by atoms with Crippen molar-refractivity contribution >= 4 is 5.91 Å². The summed E-state index contributed by atoms with van der Waals surface area (Å²) in [6.07, 6.45) is 0.0863. The summed E-state index contributed by atoms with van der Waals surface area (Å²) in [4.78, 5) is 23.2. The number of rotatable bonds is 3. The Balaban J connectivity index is 1.72. The van der Waals surface area contributed by atoms with Crippen LogP contribution < -0.4 is 0 Å². The minimum Gasteiger partial charge on any atom is -0.368 e. The number of amides is 1. The normalized spacial score (nSPS) is 18.0. The highest BCUT2D eigenvalue weighted by Gasteiger charge is 2.27. The summed E-state index contributed by atoms with van der Waals surface area (Å²) in [5.74, 6) is 1.47. The van der Waals surface area contributed by atoms with E-state index in [0.29, 0.717) is 37.7 Å². The second kappa shape index (κ2) is 6.68. The Morgan fingerprint density at radius 2 is 2.08 bits per heavy atom. The molecule has 1 unspecified atom stereocenters. The third-order valence-corrected chi connectivity index (χ3v) is 4.24. The van der Waals surface area contributed by atoms with Crippen LogP contribution in [-0.2, 0) is 16.0 Å². The fourth-order valence-corrected chi connectivity index (χ4v) is 2.98. The van der Waals surface area contributed by atoms with E-state index in [1.165, 1.54) is 0 Å². The molecule has 3 rings (SSSR count). The Labute approximate surface area is 141 Å². The van der Waals surface area contributed by atoms with Gasteiger partial charge in [0.25, 0.3) is 0 Å². The standard InChI is InChI=1S/C17H22N4O3/c1-10-7-15(19-13(4)18-10)16-9-21(5-6-23-16)17(22)8-14-11(2)20-24-12(14)3/h7,16H,5-6,8-9H2,1-4H3. The van der Waals surface area contributed by atoms with Gasteiger partial charge in [-0.2, -0.15) is 0 Å². The van der Waals surface area contributed by atoms with Crippen LogP contribution >= 0.6 is 0 Å². The zero-order valence-corrected chi connectivity index (χ0v) is 14.5. The van der Waals surface area contributed by atoms with Gasteiger partial charge in [0.2, 0.25) is 5.91 Å². The number of aromatic nitrogens is 3. The zero-order valence-electron chi connectivity index (χ0n) is 14.5. The molecule has 0 aromatic carbocycles. The van der Waals surface area contributed by atoms with Gasteiger partial charge >= 0.3 is 0 Å². The van der Waals surface area contributed by atoms with E-state index >= 15 is 0 Å². The number of aryl methyl sites for hydroxylation is 4. The molecule has 2 aromatic heterocycles. The monoisotopic (exact) mass is 330 g/mol. The second-order valence-electron chi connectivity index (χ2n) is 6.16. The lowest BCUT2D eigenvalue weighted by Gasteiger charge is -2.33. The van der Waals surface area contributed by atoms with Crippen LogP contribution in [0, 0.1) is 27.7 Å². The Bertz CT molecular complexity index is 717. The van der Waals surface area contributed by atoms with Gasteiger partial charge in [-0.05, 0) is 33.8 Å². The van der Waals surface area contributed by atoms with Crippen LogP contribution in [0.25, 0.3) is 0 Å². The van der Waals surface area contributed by atoms with E-state index in [1.54, 1.807) is 0 Å². The van der Waals surface area contributed by atoms with Gasteiger partial charge in [0, 0.05) is 17.8 Å². The zero-order chi connectivity index (χ0) is 17.3. The molecular formula is C17H22N4O3. The quantitative estimate of drug-likeness (QED) is 0.854. The summed E-state index contributed by atoms with van der Waals surface area (Å²) in [6, 6.07) is 1.92. The van der Waals surface area contributed by atoms with Crippen LogP contribution in [0.2, 0.25) is 0 Å². The summed E-state index contributed by atoms with van der Waals surface area (Å²) in [5.41, 5.74) is 3.37. The van der Waals surface area contributed by atoms with Gasteiger partial charge < -0.3 is 14.2 Å². The number of hydrogen-bond donors (Lipinski definition) is 0. The van der Waals surface area contributed by atoms with Gasteiger partial charge in [0.15, 0.2) is 0 Å². The molecule has 0 bridgehead atoms. The first-order valence-corrected chi connectivity index (χ1v) is 8.07. The molecule has 7 heteroatoms. The predicted octanol–water partition coefficient (Wildman–Crippen LogP) is 1.84. The van der Waals surface area contributed by atoms with Crippen LogP contribution in [0.5, 0.6) is 0 Å². The van der Waals surface area contributed by atoms with E-state index in [-0.39, 0.29) is 12.0 Å². The second-order valence-corrected chi connectivity index (χ2v) is 6.16. The summed E-state index contributed by atoms with van der Waals surface area (Å²) in [5, 5.41) is 3.91. The smallest absolute Gasteiger partial charge is 0.227 e. The van der Waals surface area contributed by atoms with Crippen molar-refractivity contribution in [2.45, 2.75) is 40.2 Å². The molecule has 1 aliphatic heterocycles. The lowest BCUT2D eigenvalue weighted by molar-refractivity contribution is -0.138. The summed E-state index contributed by atoms with van der Waals surface area (Å²) < 4.78 is 11.0. The molecule has 1 saturated heterocycles. The molecule has 0 radical (unpaired) electrons. The third-order valence-electron chi connectivity index (χ3n) is 4.24. The molecule has 1 amide bonds. The van der Waals surface area contributed by atoms with Crippen molar-refractivity contribution in [3.8, 4) is 0 Å².